The third kappa shape index (κ3) is 6.91. The minimum Gasteiger partial charge on any atom is -0.381 e. The monoisotopic (exact) mass is 571 g/mol. The standard InChI is InChI=1S/C27H32F3NO5S2/c28-27(29,30)14-3-4-20-6-8-21(9-7-20)22-10-12-23(13-11-22)38(33,34)26(15-18-35-19-16-26)25(32)31-37-24-5-1-2-17-36-24/h6-13,24H,1-5,14-19H2,(H,31,32). The van der Waals surface area contributed by atoms with Crippen LogP contribution in [0.2, 0.25) is 0 Å². The fourth-order valence-electron chi connectivity index (χ4n) is 4.74. The fraction of sp³-hybridized carbons (Fsp3) is 0.519. The van der Waals surface area contributed by atoms with Crippen molar-refractivity contribution in [2.24, 2.45) is 0 Å². The summed E-state index contributed by atoms with van der Waals surface area (Å²) in [5.74, 6) is -0.551. The second-order valence-electron chi connectivity index (χ2n) is 9.65. The van der Waals surface area contributed by atoms with Crippen LogP contribution in [0.4, 0.5) is 13.2 Å². The third-order valence-electron chi connectivity index (χ3n) is 7.03. The molecule has 1 N–H and O–H groups in total. The lowest BCUT2D eigenvalue weighted by atomic mass is 9.98. The molecule has 0 aromatic heterocycles. The molecular weight excluding hydrogens is 539 g/mol. The van der Waals surface area contributed by atoms with E-state index in [0.717, 1.165) is 47.9 Å². The summed E-state index contributed by atoms with van der Waals surface area (Å²) in [6, 6.07) is 13.6. The number of ether oxygens (including phenoxy) is 2. The molecule has 4 rings (SSSR count). The molecule has 0 saturated carbocycles. The van der Waals surface area contributed by atoms with E-state index in [0.29, 0.717) is 13.0 Å². The zero-order valence-electron chi connectivity index (χ0n) is 21.0. The quantitative estimate of drug-likeness (QED) is 0.380. The van der Waals surface area contributed by atoms with Crippen LogP contribution in [0.3, 0.4) is 0 Å². The molecule has 2 saturated heterocycles. The van der Waals surface area contributed by atoms with Crippen LogP contribution in [0.1, 0.15) is 50.5 Å². The first kappa shape index (κ1) is 28.9. The number of nitrogens with one attached hydrogen (secondary N) is 1. The highest BCUT2D eigenvalue weighted by molar-refractivity contribution is 7.98. The van der Waals surface area contributed by atoms with Gasteiger partial charge in [0.25, 0.3) is 5.91 Å². The van der Waals surface area contributed by atoms with Gasteiger partial charge in [-0.3, -0.25) is 9.52 Å². The highest BCUT2D eigenvalue weighted by Gasteiger charge is 2.52. The Morgan fingerprint density at radius 3 is 2.18 bits per heavy atom. The molecule has 2 aliphatic rings. The first-order valence-corrected chi connectivity index (χ1v) is 15.1. The summed E-state index contributed by atoms with van der Waals surface area (Å²) >= 11 is 1.13. The Kier molecular flexibility index (Phi) is 9.44. The number of rotatable bonds is 9. The molecule has 0 radical (unpaired) electrons. The van der Waals surface area contributed by atoms with Crippen molar-refractivity contribution < 1.29 is 35.9 Å². The van der Waals surface area contributed by atoms with E-state index >= 15 is 0 Å². The Hall–Kier alpha value is -2.08. The second kappa shape index (κ2) is 12.4. The van der Waals surface area contributed by atoms with Crippen LogP contribution in [-0.2, 0) is 30.5 Å². The molecule has 11 heteroatoms. The molecule has 6 nitrogen and oxygen atoms in total. The van der Waals surface area contributed by atoms with Gasteiger partial charge in [-0.05, 0) is 85.7 Å². The van der Waals surface area contributed by atoms with Crippen molar-refractivity contribution in [1.29, 1.82) is 0 Å². The predicted octanol–water partition coefficient (Wildman–Crippen LogP) is 5.85. The first-order chi connectivity index (χ1) is 18.1. The van der Waals surface area contributed by atoms with Gasteiger partial charge in [0, 0.05) is 26.2 Å². The summed E-state index contributed by atoms with van der Waals surface area (Å²) in [4.78, 5) is 13.4. The first-order valence-electron chi connectivity index (χ1n) is 12.8. The number of alkyl halides is 3. The molecule has 2 fully saturated rings. The SMILES string of the molecule is O=C(NSC1CCCCO1)C1(S(=O)(=O)c2ccc(-c3ccc(CCCC(F)(F)F)cc3)cc2)CCOCC1. The predicted molar refractivity (Wildman–Crippen MR) is 140 cm³/mol. The number of hydrogen-bond donors (Lipinski definition) is 1. The summed E-state index contributed by atoms with van der Waals surface area (Å²) in [6.45, 7) is 0.966. The van der Waals surface area contributed by atoms with Crippen molar-refractivity contribution in [3.63, 3.8) is 0 Å². The van der Waals surface area contributed by atoms with E-state index in [1.165, 1.54) is 12.1 Å². The second-order valence-corrected chi connectivity index (χ2v) is 12.9. The Morgan fingerprint density at radius 2 is 1.61 bits per heavy atom. The Morgan fingerprint density at radius 1 is 0.974 bits per heavy atom. The van der Waals surface area contributed by atoms with Gasteiger partial charge >= 0.3 is 6.18 Å². The summed E-state index contributed by atoms with van der Waals surface area (Å²) in [5.41, 5.74) is 2.20. The lowest BCUT2D eigenvalue weighted by Gasteiger charge is -2.35. The van der Waals surface area contributed by atoms with E-state index in [2.05, 4.69) is 4.72 Å². The van der Waals surface area contributed by atoms with Crippen LogP contribution in [0.5, 0.6) is 0 Å². The lowest BCUT2D eigenvalue weighted by Crippen LogP contribution is -2.54. The maximum Gasteiger partial charge on any atom is 0.389 e. The van der Waals surface area contributed by atoms with Gasteiger partial charge in [-0.1, -0.05) is 36.4 Å². The molecule has 0 bridgehead atoms. The number of halogens is 3. The highest BCUT2D eigenvalue weighted by atomic mass is 32.2. The number of carbonyl (C=O) groups is 1. The van der Waals surface area contributed by atoms with Crippen molar-refractivity contribution in [2.75, 3.05) is 19.8 Å². The van der Waals surface area contributed by atoms with Crippen LogP contribution >= 0.6 is 11.9 Å². The molecule has 1 unspecified atom stereocenters. The van der Waals surface area contributed by atoms with E-state index in [4.69, 9.17) is 9.47 Å². The number of sulfone groups is 1. The molecule has 1 amide bonds. The molecule has 0 aliphatic carbocycles. The Labute approximate surface area is 225 Å². The van der Waals surface area contributed by atoms with Gasteiger partial charge in [0.15, 0.2) is 14.6 Å². The summed E-state index contributed by atoms with van der Waals surface area (Å²) in [5, 5.41) is 0. The summed E-state index contributed by atoms with van der Waals surface area (Å²) < 4.78 is 77.0. The average molecular weight is 572 g/mol. The topological polar surface area (TPSA) is 81.7 Å². The van der Waals surface area contributed by atoms with E-state index in [1.54, 1.807) is 24.3 Å². The maximum absolute atomic E-state index is 13.8. The van der Waals surface area contributed by atoms with Crippen molar-refractivity contribution >= 4 is 27.7 Å². The molecule has 2 aromatic rings. The van der Waals surface area contributed by atoms with Crippen molar-refractivity contribution in [3.05, 3.63) is 54.1 Å². The van der Waals surface area contributed by atoms with E-state index in [1.807, 2.05) is 12.1 Å². The average Bonchev–Trinajstić information content (AvgIpc) is 2.92. The van der Waals surface area contributed by atoms with Gasteiger partial charge in [0.05, 0.1) is 4.90 Å². The van der Waals surface area contributed by atoms with Gasteiger partial charge < -0.3 is 9.47 Å². The largest absolute Gasteiger partial charge is 0.389 e. The minimum absolute atomic E-state index is 0.0297. The smallest absolute Gasteiger partial charge is 0.381 e. The molecule has 1 atom stereocenters. The zero-order chi connectivity index (χ0) is 27.2. The van der Waals surface area contributed by atoms with Crippen molar-refractivity contribution in [2.45, 2.75) is 72.6 Å². The number of hydrogen-bond acceptors (Lipinski definition) is 6. The van der Waals surface area contributed by atoms with Gasteiger partial charge in [0.1, 0.15) is 5.44 Å². The van der Waals surface area contributed by atoms with Crippen LogP contribution in [-0.4, -0.2) is 50.5 Å². The Balaban J connectivity index is 1.47. The van der Waals surface area contributed by atoms with Crippen molar-refractivity contribution in [3.8, 4) is 11.1 Å². The van der Waals surface area contributed by atoms with Crippen LogP contribution < -0.4 is 4.72 Å². The highest BCUT2D eigenvalue weighted by Crippen LogP contribution is 2.37. The summed E-state index contributed by atoms with van der Waals surface area (Å²) in [6.07, 6.45) is -1.73. The van der Waals surface area contributed by atoms with Gasteiger partial charge in [-0.2, -0.15) is 13.2 Å². The molecular formula is C27H32F3NO5S2. The molecule has 2 aliphatic heterocycles. The van der Waals surface area contributed by atoms with Gasteiger partial charge in [-0.15, -0.1) is 0 Å². The van der Waals surface area contributed by atoms with Crippen molar-refractivity contribution in [1.82, 2.24) is 4.72 Å². The van der Waals surface area contributed by atoms with Crippen LogP contribution in [0.15, 0.2) is 53.4 Å². The molecule has 208 valence electrons. The Bertz CT molecular complexity index is 1170. The molecule has 2 heterocycles. The molecule has 0 spiro atoms. The van der Waals surface area contributed by atoms with Gasteiger partial charge in [-0.25, -0.2) is 8.42 Å². The normalized spacial score (nSPS) is 20.1. The maximum atomic E-state index is 13.8. The molecule has 38 heavy (non-hydrogen) atoms. The third-order valence-corrected chi connectivity index (χ3v) is 10.5. The number of benzene rings is 2. The number of aryl methyl sites for hydroxylation is 1. The lowest BCUT2D eigenvalue weighted by molar-refractivity contribution is -0.135. The number of amides is 1. The van der Waals surface area contributed by atoms with Gasteiger partial charge in [0.2, 0.25) is 0 Å². The fourth-order valence-corrected chi connectivity index (χ4v) is 7.64. The van der Waals surface area contributed by atoms with E-state index in [9.17, 15) is 26.4 Å². The summed E-state index contributed by atoms with van der Waals surface area (Å²) in [7, 11) is -4.04. The minimum atomic E-state index is -4.16. The van der Waals surface area contributed by atoms with E-state index in [-0.39, 0.29) is 42.8 Å². The zero-order valence-corrected chi connectivity index (χ0v) is 22.6. The number of carbonyl (C=O) groups excluding carboxylic acids is 1. The van der Waals surface area contributed by atoms with Crippen LogP contribution in [0.25, 0.3) is 11.1 Å². The van der Waals surface area contributed by atoms with E-state index < -0.39 is 33.1 Å². The van der Waals surface area contributed by atoms with Crippen LogP contribution in [0, 0.1) is 0 Å². The molecule has 2 aromatic carbocycles.